The molecular formula is C14H12N4S2. The van der Waals surface area contributed by atoms with E-state index in [1.807, 2.05) is 18.2 Å². The molecule has 0 aliphatic carbocycles. The SMILES string of the molecule is Cc1ccc2nc(Nc3cccc(C(N)=S)n3)sc2c1. The van der Waals surface area contributed by atoms with E-state index in [4.69, 9.17) is 18.0 Å². The summed E-state index contributed by atoms with van der Waals surface area (Å²) in [5, 5.41) is 3.99. The number of fused-ring (bicyclic) bond motifs is 1. The highest BCUT2D eigenvalue weighted by Crippen LogP contribution is 2.28. The van der Waals surface area contributed by atoms with Crippen LogP contribution in [0.5, 0.6) is 0 Å². The third-order valence-electron chi connectivity index (χ3n) is 2.78. The van der Waals surface area contributed by atoms with Crippen LogP contribution in [-0.2, 0) is 0 Å². The maximum Gasteiger partial charge on any atom is 0.189 e. The summed E-state index contributed by atoms with van der Waals surface area (Å²) in [4.78, 5) is 9.16. The molecular weight excluding hydrogens is 288 g/mol. The number of hydrogen-bond donors (Lipinski definition) is 2. The fourth-order valence-corrected chi connectivity index (χ4v) is 2.92. The molecule has 3 N–H and O–H groups in total. The van der Waals surface area contributed by atoms with Crippen molar-refractivity contribution in [3.63, 3.8) is 0 Å². The Balaban J connectivity index is 1.92. The summed E-state index contributed by atoms with van der Waals surface area (Å²) in [6.07, 6.45) is 0. The Labute approximate surface area is 125 Å². The first-order valence-electron chi connectivity index (χ1n) is 6.03. The first kappa shape index (κ1) is 13.0. The molecule has 0 fully saturated rings. The number of nitrogens with zero attached hydrogens (tertiary/aromatic N) is 2. The van der Waals surface area contributed by atoms with Crippen molar-refractivity contribution in [3.05, 3.63) is 47.7 Å². The molecule has 0 saturated heterocycles. The second-order valence-corrected chi connectivity index (χ2v) is 5.86. The van der Waals surface area contributed by atoms with Crippen LogP contribution in [0.3, 0.4) is 0 Å². The van der Waals surface area contributed by atoms with Gasteiger partial charge >= 0.3 is 0 Å². The lowest BCUT2D eigenvalue weighted by atomic mass is 10.2. The minimum atomic E-state index is 0.286. The normalized spacial score (nSPS) is 10.7. The van der Waals surface area contributed by atoms with E-state index in [0.29, 0.717) is 11.5 Å². The average Bonchev–Trinajstić information content (AvgIpc) is 2.80. The number of aromatic nitrogens is 2. The van der Waals surface area contributed by atoms with Crippen LogP contribution in [0.1, 0.15) is 11.3 Å². The smallest absolute Gasteiger partial charge is 0.189 e. The summed E-state index contributed by atoms with van der Waals surface area (Å²) >= 11 is 6.52. The van der Waals surface area contributed by atoms with Crippen LogP contribution < -0.4 is 11.1 Å². The number of aryl methyl sites for hydroxylation is 1. The first-order valence-corrected chi connectivity index (χ1v) is 7.25. The van der Waals surface area contributed by atoms with Gasteiger partial charge in [-0.3, -0.25) is 0 Å². The van der Waals surface area contributed by atoms with Crippen molar-refractivity contribution in [1.82, 2.24) is 9.97 Å². The number of anilines is 2. The van der Waals surface area contributed by atoms with Crippen LogP contribution in [0.4, 0.5) is 10.9 Å². The average molecular weight is 300 g/mol. The van der Waals surface area contributed by atoms with Gasteiger partial charge in [0.05, 0.1) is 15.9 Å². The molecule has 6 heteroatoms. The number of thiazole rings is 1. The standard InChI is InChI=1S/C14H12N4S2/c1-8-5-6-9-11(7-8)20-14(17-9)18-12-4-2-3-10(16-12)13(15)19/h2-7H,1H3,(H2,15,19)(H,16,17,18). The molecule has 4 nitrogen and oxygen atoms in total. The summed E-state index contributed by atoms with van der Waals surface area (Å²) in [6.45, 7) is 2.07. The molecule has 0 radical (unpaired) electrons. The Kier molecular flexibility index (Phi) is 3.33. The van der Waals surface area contributed by atoms with Crippen molar-refractivity contribution in [3.8, 4) is 0 Å². The minimum Gasteiger partial charge on any atom is -0.388 e. The van der Waals surface area contributed by atoms with Crippen LogP contribution in [0.2, 0.25) is 0 Å². The van der Waals surface area contributed by atoms with Crippen LogP contribution >= 0.6 is 23.6 Å². The van der Waals surface area contributed by atoms with E-state index in [0.717, 1.165) is 15.3 Å². The van der Waals surface area contributed by atoms with E-state index >= 15 is 0 Å². The second kappa shape index (κ2) is 5.15. The molecule has 0 amide bonds. The summed E-state index contributed by atoms with van der Waals surface area (Å²) < 4.78 is 1.15. The molecule has 3 aromatic rings. The van der Waals surface area contributed by atoms with Crippen molar-refractivity contribution in [2.24, 2.45) is 5.73 Å². The first-order chi connectivity index (χ1) is 9.61. The third-order valence-corrected chi connectivity index (χ3v) is 3.92. The lowest BCUT2D eigenvalue weighted by molar-refractivity contribution is 1.27. The fraction of sp³-hybridized carbons (Fsp3) is 0.0714. The number of rotatable bonds is 3. The number of thiocarbonyl (C=S) groups is 1. The van der Waals surface area contributed by atoms with Crippen molar-refractivity contribution in [2.45, 2.75) is 6.92 Å². The highest BCUT2D eigenvalue weighted by molar-refractivity contribution is 7.80. The molecule has 0 bridgehead atoms. The van der Waals surface area contributed by atoms with E-state index in [-0.39, 0.29) is 4.99 Å². The zero-order valence-corrected chi connectivity index (χ0v) is 12.4. The van der Waals surface area contributed by atoms with Crippen molar-refractivity contribution < 1.29 is 0 Å². The maximum absolute atomic E-state index is 5.58. The molecule has 0 spiro atoms. The Hall–Kier alpha value is -2.05. The summed E-state index contributed by atoms with van der Waals surface area (Å²) in [7, 11) is 0. The molecule has 3 rings (SSSR count). The molecule has 0 aliphatic rings. The van der Waals surface area contributed by atoms with E-state index in [9.17, 15) is 0 Å². The van der Waals surface area contributed by atoms with E-state index < -0.39 is 0 Å². The Morgan fingerprint density at radius 2 is 2.10 bits per heavy atom. The van der Waals surface area contributed by atoms with Crippen LogP contribution in [0.25, 0.3) is 10.2 Å². The lowest BCUT2D eigenvalue weighted by Gasteiger charge is -2.03. The summed E-state index contributed by atoms with van der Waals surface area (Å²) in [5.74, 6) is 0.686. The number of pyridine rings is 1. The van der Waals surface area contributed by atoms with Crippen LogP contribution in [0, 0.1) is 6.92 Å². The van der Waals surface area contributed by atoms with Gasteiger partial charge in [0.15, 0.2) is 5.13 Å². The van der Waals surface area contributed by atoms with Crippen LogP contribution in [0.15, 0.2) is 36.4 Å². The molecule has 0 saturated carbocycles. The maximum atomic E-state index is 5.58. The minimum absolute atomic E-state index is 0.286. The highest BCUT2D eigenvalue weighted by Gasteiger charge is 2.06. The number of nitrogens with two attached hydrogens (primary N) is 1. The van der Waals surface area contributed by atoms with Gasteiger partial charge in [-0.25, -0.2) is 9.97 Å². The molecule has 2 aromatic heterocycles. The number of nitrogens with one attached hydrogen (secondary N) is 1. The molecule has 0 atom stereocenters. The number of hydrogen-bond acceptors (Lipinski definition) is 5. The lowest BCUT2D eigenvalue weighted by Crippen LogP contribution is -2.12. The molecule has 0 unspecified atom stereocenters. The van der Waals surface area contributed by atoms with E-state index in [1.54, 1.807) is 17.4 Å². The fourth-order valence-electron chi connectivity index (χ4n) is 1.84. The summed E-state index contributed by atoms with van der Waals surface area (Å²) in [6, 6.07) is 11.7. The van der Waals surface area contributed by atoms with Crippen molar-refractivity contribution in [2.75, 3.05) is 5.32 Å². The van der Waals surface area contributed by atoms with Gasteiger partial charge in [0, 0.05) is 0 Å². The monoisotopic (exact) mass is 300 g/mol. The number of benzene rings is 1. The van der Waals surface area contributed by atoms with Gasteiger partial charge in [0.1, 0.15) is 10.8 Å². The van der Waals surface area contributed by atoms with Gasteiger partial charge in [0.2, 0.25) is 0 Å². The molecule has 0 aliphatic heterocycles. The third kappa shape index (κ3) is 2.61. The van der Waals surface area contributed by atoms with Gasteiger partial charge in [-0.2, -0.15) is 0 Å². The van der Waals surface area contributed by atoms with Gasteiger partial charge in [0.25, 0.3) is 0 Å². The molecule has 2 heterocycles. The molecule has 1 aromatic carbocycles. The van der Waals surface area contributed by atoms with E-state index in [2.05, 4.69) is 34.3 Å². The Morgan fingerprint density at radius 3 is 2.90 bits per heavy atom. The van der Waals surface area contributed by atoms with Crippen LogP contribution in [-0.4, -0.2) is 15.0 Å². The largest absolute Gasteiger partial charge is 0.388 e. The van der Waals surface area contributed by atoms with Crippen molar-refractivity contribution in [1.29, 1.82) is 0 Å². The topological polar surface area (TPSA) is 63.8 Å². The van der Waals surface area contributed by atoms with Gasteiger partial charge < -0.3 is 11.1 Å². The Morgan fingerprint density at radius 1 is 1.25 bits per heavy atom. The van der Waals surface area contributed by atoms with Gasteiger partial charge in [-0.15, -0.1) is 0 Å². The highest BCUT2D eigenvalue weighted by atomic mass is 32.1. The molecule has 100 valence electrons. The summed E-state index contributed by atoms with van der Waals surface area (Å²) in [5.41, 5.74) is 8.38. The second-order valence-electron chi connectivity index (χ2n) is 4.39. The van der Waals surface area contributed by atoms with Crippen molar-refractivity contribution >= 4 is 49.7 Å². The molecule has 20 heavy (non-hydrogen) atoms. The predicted octanol–water partition coefficient (Wildman–Crippen LogP) is 3.38. The van der Waals surface area contributed by atoms with Gasteiger partial charge in [-0.05, 0) is 36.8 Å². The Bertz CT molecular complexity index is 795. The zero-order valence-electron chi connectivity index (χ0n) is 10.8. The zero-order chi connectivity index (χ0) is 14.1. The quantitative estimate of drug-likeness (QED) is 0.726. The predicted molar refractivity (Wildman–Crippen MR) is 87.8 cm³/mol. The van der Waals surface area contributed by atoms with Gasteiger partial charge in [-0.1, -0.05) is 35.7 Å². The van der Waals surface area contributed by atoms with E-state index in [1.165, 1.54) is 5.56 Å².